The zero-order valence-electron chi connectivity index (χ0n) is 15.7. The number of esters is 3. The summed E-state index contributed by atoms with van der Waals surface area (Å²) >= 11 is 0. The van der Waals surface area contributed by atoms with E-state index in [4.69, 9.17) is 28.4 Å². The molecule has 2 fully saturated rings. The molecule has 0 aliphatic carbocycles. The van der Waals surface area contributed by atoms with Crippen LogP contribution in [-0.4, -0.2) is 55.2 Å². The Hall–Kier alpha value is -2.49. The van der Waals surface area contributed by atoms with E-state index >= 15 is 0 Å². The Morgan fingerprint density at radius 2 is 1.46 bits per heavy atom. The van der Waals surface area contributed by atoms with Crippen molar-refractivity contribution >= 4 is 17.9 Å². The SMILES string of the molecule is CC(=O)O[C@H]1O[C@H]2CO[C@H](c3ccccc3)O[C@@H]2[C@@H](OC(C)=O)[C@@H]1OC(C)=O. The molecule has 2 heterocycles. The van der Waals surface area contributed by atoms with Gasteiger partial charge in [0, 0.05) is 26.3 Å². The van der Waals surface area contributed by atoms with Crippen LogP contribution in [0.25, 0.3) is 0 Å². The van der Waals surface area contributed by atoms with Gasteiger partial charge in [-0.1, -0.05) is 30.3 Å². The van der Waals surface area contributed by atoms with E-state index < -0.39 is 54.9 Å². The second-order valence-corrected chi connectivity index (χ2v) is 6.48. The Kier molecular flexibility index (Phi) is 6.28. The van der Waals surface area contributed by atoms with Gasteiger partial charge in [-0.2, -0.15) is 0 Å². The average molecular weight is 394 g/mol. The summed E-state index contributed by atoms with van der Waals surface area (Å²) in [5.74, 6) is -1.88. The topological polar surface area (TPSA) is 107 Å². The first-order valence-corrected chi connectivity index (χ1v) is 8.84. The van der Waals surface area contributed by atoms with Crippen molar-refractivity contribution in [2.24, 2.45) is 0 Å². The first-order valence-electron chi connectivity index (χ1n) is 8.84. The highest BCUT2D eigenvalue weighted by atomic mass is 16.8. The first kappa shape index (κ1) is 20.2. The van der Waals surface area contributed by atoms with Gasteiger partial charge >= 0.3 is 17.9 Å². The second kappa shape index (κ2) is 8.68. The molecular weight excluding hydrogens is 372 g/mol. The molecule has 0 amide bonds. The van der Waals surface area contributed by atoms with Gasteiger partial charge in [0.25, 0.3) is 0 Å². The Morgan fingerprint density at radius 3 is 2.07 bits per heavy atom. The fourth-order valence-corrected chi connectivity index (χ4v) is 3.23. The molecule has 28 heavy (non-hydrogen) atoms. The lowest BCUT2D eigenvalue weighted by Gasteiger charge is -2.47. The number of hydrogen-bond donors (Lipinski definition) is 0. The largest absolute Gasteiger partial charge is 0.455 e. The Morgan fingerprint density at radius 1 is 0.857 bits per heavy atom. The maximum Gasteiger partial charge on any atom is 0.305 e. The molecular formula is C19H22O9. The quantitative estimate of drug-likeness (QED) is 0.551. The van der Waals surface area contributed by atoms with E-state index in [1.54, 1.807) is 0 Å². The molecule has 0 unspecified atom stereocenters. The van der Waals surface area contributed by atoms with E-state index in [1.807, 2.05) is 30.3 Å². The number of carbonyl (C=O) groups excluding carboxylic acids is 3. The molecule has 0 spiro atoms. The Balaban J connectivity index is 1.88. The lowest BCUT2D eigenvalue weighted by atomic mass is 9.97. The molecule has 0 aromatic heterocycles. The lowest BCUT2D eigenvalue weighted by molar-refractivity contribution is -0.356. The van der Waals surface area contributed by atoms with E-state index in [0.717, 1.165) is 5.56 Å². The third-order valence-corrected chi connectivity index (χ3v) is 4.24. The molecule has 6 atom stereocenters. The van der Waals surface area contributed by atoms with Crippen molar-refractivity contribution in [2.45, 2.75) is 57.8 Å². The summed E-state index contributed by atoms with van der Waals surface area (Å²) in [6, 6.07) is 9.21. The predicted octanol–water partition coefficient (Wildman–Crippen LogP) is 1.25. The van der Waals surface area contributed by atoms with Crippen LogP contribution in [0.2, 0.25) is 0 Å². The van der Waals surface area contributed by atoms with Crippen LogP contribution in [0.3, 0.4) is 0 Å². The number of fused-ring (bicyclic) bond motifs is 1. The monoisotopic (exact) mass is 394 g/mol. The maximum absolute atomic E-state index is 11.7. The van der Waals surface area contributed by atoms with E-state index in [0.29, 0.717) is 0 Å². The summed E-state index contributed by atoms with van der Waals surface area (Å²) in [6.45, 7) is 3.72. The van der Waals surface area contributed by atoms with Crippen LogP contribution in [0.5, 0.6) is 0 Å². The summed E-state index contributed by atoms with van der Waals surface area (Å²) in [6.07, 6.45) is -5.68. The van der Waals surface area contributed by atoms with Gasteiger partial charge in [-0.15, -0.1) is 0 Å². The van der Waals surface area contributed by atoms with Crippen LogP contribution >= 0.6 is 0 Å². The maximum atomic E-state index is 11.7. The van der Waals surface area contributed by atoms with Crippen molar-refractivity contribution < 1.29 is 42.8 Å². The van der Waals surface area contributed by atoms with Crippen molar-refractivity contribution in [2.75, 3.05) is 6.61 Å². The molecule has 1 aromatic carbocycles. The third-order valence-electron chi connectivity index (χ3n) is 4.24. The molecule has 0 radical (unpaired) electrons. The highest BCUT2D eigenvalue weighted by Gasteiger charge is 2.54. The van der Waals surface area contributed by atoms with Crippen LogP contribution in [-0.2, 0) is 42.8 Å². The number of carbonyl (C=O) groups is 3. The van der Waals surface area contributed by atoms with Crippen LogP contribution in [0.4, 0.5) is 0 Å². The molecule has 152 valence electrons. The van der Waals surface area contributed by atoms with Crippen LogP contribution in [0.1, 0.15) is 32.6 Å². The predicted molar refractivity (Wildman–Crippen MR) is 91.5 cm³/mol. The van der Waals surface area contributed by atoms with E-state index in [1.165, 1.54) is 20.8 Å². The highest BCUT2D eigenvalue weighted by molar-refractivity contribution is 5.68. The van der Waals surface area contributed by atoms with Gasteiger partial charge in [0.05, 0.1) is 6.61 Å². The van der Waals surface area contributed by atoms with Gasteiger partial charge in [0.2, 0.25) is 12.4 Å². The zero-order valence-corrected chi connectivity index (χ0v) is 15.7. The van der Waals surface area contributed by atoms with Gasteiger partial charge in [-0.05, 0) is 0 Å². The first-order chi connectivity index (χ1) is 13.3. The van der Waals surface area contributed by atoms with Gasteiger partial charge in [0.15, 0.2) is 12.4 Å². The molecule has 9 heteroatoms. The summed E-state index contributed by atoms with van der Waals surface area (Å²) in [4.78, 5) is 34.8. The molecule has 0 N–H and O–H groups in total. The van der Waals surface area contributed by atoms with Crippen molar-refractivity contribution in [3.63, 3.8) is 0 Å². The number of hydrogen-bond acceptors (Lipinski definition) is 9. The smallest absolute Gasteiger partial charge is 0.305 e. The van der Waals surface area contributed by atoms with Crippen LogP contribution in [0.15, 0.2) is 30.3 Å². The third kappa shape index (κ3) is 4.67. The van der Waals surface area contributed by atoms with Crippen molar-refractivity contribution in [3.05, 3.63) is 35.9 Å². The molecule has 9 nitrogen and oxygen atoms in total. The normalized spacial score (nSPS) is 32.0. The summed E-state index contributed by atoms with van der Waals surface area (Å²) in [7, 11) is 0. The summed E-state index contributed by atoms with van der Waals surface area (Å²) in [5, 5.41) is 0. The molecule has 2 aliphatic rings. The number of ether oxygens (including phenoxy) is 6. The Labute approximate surface area is 161 Å². The molecule has 2 saturated heterocycles. The molecule has 0 saturated carbocycles. The summed E-state index contributed by atoms with van der Waals surface area (Å²) in [5.41, 5.74) is 0.772. The fourth-order valence-electron chi connectivity index (χ4n) is 3.23. The van der Waals surface area contributed by atoms with Crippen LogP contribution < -0.4 is 0 Å². The minimum atomic E-state index is -1.26. The highest BCUT2D eigenvalue weighted by Crippen LogP contribution is 2.36. The fraction of sp³-hybridized carbons (Fsp3) is 0.526. The molecule has 3 rings (SSSR count). The molecule has 2 aliphatic heterocycles. The van der Waals surface area contributed by atoms with Crippen molar-refractivity contribution in [1.29, 1.82) is 0 Å². The minimum Gasteiger partial charge on any atom is -0.455 e. The average Bonchev–Trinajstić information content (AvgIpc) is 2.64. The van der Waals surface area contributed by atoms with Gasteiger partial charge in [-0.25, -0.2) is 0 Å². The molecule has 0 bridgehead atoms. The van der Waals surface area contributed by atoms with Gasteiger partial charge in [0.1, 0.15) is 12.2 Å². The van der Waals surface area contributed by atoms with Crippen molar-refractivity contribution in [1.82, 2.24) is 0 Å². The van der Waals surface area contributed by atoms with E-state index in [2.05, 4.69) is 0 Å². The standard InChI is InChI=1S/C19H22O9/c1-10(20)24-16-15-14(9-23-18(28-15)13-7-5-4-6-8-13)27-19(26-12(3)22)17(16)25-11(2)21/h4-8,14-19H,9H2,1-3H3/t14-,15-,16+,17-,18-,19-/m0/s1. The number of rotatable bonds is 4. The van der Waals surface area contributed by atoms with Crippen LogP contribution in [0, 0.1) is 0 Å². The Bertz CT molecular complexity index is 719. The zero-order chi connectivity index (χ0) is 20.3. The minimum absolute atomic E-state index is 0.104. The lowest BCUT2D eigenvalue weighted by Crippen LogP contribution is -2.64. The van der Waals surface area contributed by atoms with Crippen molar-refractivity contribution in [3.8, 4) is 0 Å². The second-order valence-electron chi connectivity index (χ2n) is 6.48. The van der Waals surface area contributed by atoms with E-state index in [-0.39, 0.29) is 6.61 Å². The number of benzene rings is 1. The van der Waals surface area contributed by atoms with Gasteiger partial charge in [-0.3, -0.25) is 14.4 Å². The van der Waals surface area contributed by atoms with Gasteiger partial charge < -0.3 is 28.4 Å². The summed E-state index contributed by atoms with van der Waals surface area (Å²) < 4.78 is 33.3. The van der Waals surface area contributed by atoms with E-state index in [9.17, 15) is 14.4 Å². The molecule has 1 aromatic rings.